The number of halogens is 3. The summed E-state index contributed by atoms with van der Waals surface area (Å²) in [5, 5.41) is 7.84. The van der Waals surface area contributed by atoms with Gasteiger partial charge in [0, 0.05) is 31.0 Å². The standard InChI is InChI=1S/C22H30F3N5/c1-21(2,3)18-12-19(22(23,24)25)30-20(27-18)11-16(28-30)17-8-4-5-10-29(17)14-15-7-6-9-26-13-15/h6-7,9,11,13,17-19,27H,4-5,8,10,12,14H2,1-3H3/t17?,18-,19+/m0/s1. The highest BCUT2D eigenvalue weighted by Crippen LogP contribution is 2.44. The Kier molecular flexibility index (Phi) is 5.55. The third-order valence-corrected chi connectivity index (χ3v) is 6.32. The van der Waals surface area contributed by atoms with Crippen molar-refractivity contribution < 1.29 is 13.2 Å². The van der Waals surface area contributed by atoms with Crippen molar-refractivity contribution in [3.8, 4) is 0 Å². The molecule has 2 aromatic rings. The first-order valence-electron chi connectivity index (χ1n) is 10.7. The fraction of sp³-hybridized carbons (Fsp3) is 0.636. The number of nitrogens with zero attached hydrogens (tertiary/aromatic N) is 4. The lowest BCUT2D eigenvalue weighted by Crippen LogP contribution is -2.44. The number of alkyl halides is 3. The minimum absolute atomic E-state index is 0.00874. The number of hydrogen-bond acceptors (Lipinski definition) is 4. The molecule has 2 aliphatic rings. The van der Waals surface area contributed by atoms with Crippen LogP contribution < -0.4 is 5.32 Å². The summed E-state index contributed by atoms with van der Waals surface area (Å²) in [5.74, 6) is 0.477. The van der Waals surface area contributed by atoms with Gasteiger partial charge in [-0.3, -0.25) is 9.88 Å². The Bertz CT molecular complexity index is 856. The molecule has 3 atom stereocenters. The molecule has 0 aromatic carbocycles. The summed E-state index contributed by atoms with van der Waals surface area (Å²) in [4.78, 5) is 6.51. The molecule has 4 rings (SSSR count). The molecule has 0 saturated carbocycles. The van der Waals surface area contributed by atoms with Gasteiger partial charge < -0.3 is 5.32 Å². The summed E-state index contributed by atoms with van der Waals surface area (Å²) in [6, 6.07) is 3.94. The van der Waals surface area contributed by atoms with Crippen molar-refractivity contribution >= 4 is 5.82 Å². The molecule has 0 spiro atoms. The number of nitrogens with one attached hydrogen (secondary N) is 1. The summed E-state index contributed by atoms with van der Waals surface area (Å²) in [6.07, 6.45) is 2.29. The lowest BCUT2D eigenvalue weighted by Gasteiger charge is -2.39. The van der Waals surface area contributed by atoms with E-state index in [1.807, 2.05) is 45.2 Å². The van der Waals surface area contributed by atoms with E-state index in [1.54, 1.807) is 6.20 Å². The van der Waals surface area contributed by atoms with Gasteiger partial charge in [0.2, 0.25) is 0 Å². The molecule has 1 unspecified atom stereocenters. The fourth-order valence-electron chi connectivity index (χ4n) is 4.57. The quantitative estimate of drug-likeness (QED) is 0.727. The maximum Gasteiger partial charge on any atom is 0.410 e. The summed E-state index contributed by atoms with van der Waals surface area (Å²) in [5.41, 5.74) is 1.55. The lowest BCUT2D eigenvalue weighted by molar-refractivity contribution is -0.175. The van der Waals surface area contributed by atoms with E-state index in [2.05, 4.69) is 20.3 Å². The molecule has 164 valence electrons. The number of pyridine rings is 1. The van der Waals surface area contributed by atoms with Crippen LogP contribution in [0, 0.1) is 5.41 Å². The second kappa shape index (κ2) is 7.87. The number of piperidine rings is 1. The van der Waals surface area contributed by atoms with Crippen molar-refractivity contribution in [2.45, 2.75) is 77.3 Å². The fourth-order valence-corrected chi connectivity index (χ4v) is 4.57. The van der Waals surface area contributed by atoms with Gasteiger partial charge in [-0.05, 0) is 42.9 Å². The Hall–Kier alpha value is -2.09. The van der Waals surface area contributed by atoms with Crippen molar-refractivity contribution in [3.05, 3.63) is 41.9 Å². The van der Waals surface area contributed by atoms with E-state index in [-0.39, 0.29) is 23.9 Å². The summed E-state index contributed by atoms with van der Waals surface area (Å²) < 4.78 is 42.8. The van der Waals surface area contributed by atoms with E-state index in [9.17, 15) is 13.2 Å². The summed E-state index contributed by atoms with van der Waals surface area (Å²) in [7, 11) is 0. The van der Waals surface area contributed by atoms with Crippen LogP contribution in [0.2, 0.25) is 0 Å². The molecule has 8 heteroatoms. The molecule has 2 aliphatic heterocycles. The van der Waals surface area contributed by atoms with Crippen molar-refractivity contribution in [1.82, 2.24) is 19.7 Å². The number of fused-ring (bicyclic) bond motifs is 1. The van der Waals surface area contributed by atoms with Crippen LogP contribution in [0.15, 0.2) is 30.6 Å². The molecule has 4 heterocycles. The normalized spacial score (nSPS) is 25.6. The predicted octanol–water partition coefficient (Wildman–Crippen LogP) is 5.34. The van der Waals surface area contributed by atoms with Crippen LogP contribution in [-0.4, -0.2) is 38.4 Å². The molecule has 5 nitrogen and oxygen atoms in total. The van der Waals surface area contributed by atoms with Crippen LogP contribution >= 0.6 is 0 Å². The minimum Gasteiger partial charge on any atom is -0.367 e. The number of anilines is 1. The van der Waals surface area contributed by atoms with Crippen molar-refractivity contribution in [1.29, 1.82) is 0 Å². The van der Waals surface area contributed by atoms with Gasteiger partial charge in [0.05, 0.1) is 11.7 Å². The zero-order valence-electron chi connectivity index (χ0n) is 17.8. The second-order valence-corrected chi connectivity index (χ2v) is 9.60. The molecular formula is C22H30F3N5. The van der Waals surface area contributed by atoms with Gasteiger partial charge in [-0.1, -0.05) is 33.3 Å². The highest BCUT2D eigenvalue weighted by Gasteiger charge is 2.48. The monoisotopic (exact) mass is 421 g/mol. The first-order valence-corrected chi connectivity index (χ1v) is 10.7. The van der Waals surface area contributed by atoms with Crippen LogP contribution in [0.3, 0.4) is 0 Å². The van der Waals surface area contributed by atoms with Crippen LogP contribution in [0.1, 0.15) is 69.8 Å². The van der Waals surface area contributed by atoms with Crippen molar-refractivity contribution in [2.75, 3.05) is 11.9 Å². The van der Waals surface area contributed by atoms with Crippen LogP contribution in [-0.2, 0) is 6.54 Å². The molecule has 1 N–H and O–H groups in total. The van der Waals surface area contributed by atoms with Gasteiger partial charge in [0.1, 0.15) is 5.82 Å². The average Bonchev–Trinajstić information content (AvgIpc) is 3.11. The summed E-state index contributed by atoms with van der Waals surface area (Å²) in [6.45, 7) is 7.55. The van der Waals surface area contributed by atoms with Crippen molar-refractivity contribution in [3.63, 3.8) is 0 Å². The summed E-state index contributed by atoms with van der Waals surface area (Å²) >= 11 is 0. The van der Waals surface area contributed by atoms with Crippen LogP contribution in [0.4, 0.5) is 19.0 Å². The Morgan fingerprint density at radius 1 is 1.20 bits per heavy atom. The molecule has 1 saturated heterocycles. The van der Waals surface area contributed by atoms with Crippen LogP contribution in [0.5, 0.6) is 0 Å². The predicted molar refractivity (Wildman–Crippen MR) is 110 cm³/mol. The average molecular weight is 422 g/mol. The first-order chi connectivity index (χ1) is 14.1. The van der Waals surface area contributed by atoms with Gasteiger partial charge in [-0.15, -0.1) is 0 Å². The smallest absolute Gasteiger partial charge is 0.367 e. The van der Waals surface area contributed by atoms with Gasteiger partial charge >= 0.3 is 6.18 Å². The molecule has 0 amide bonds. The minimum atomic E-state index is -4.33. The maximum absolute atomic E-state index is 13.9. The van der Waals surface area contributed by atoms with E-state index in [0.717, 1.165) is 43.6 Å². The number of hydrogen-bond donors (Lipinski definition) is 1. The van der Waals surface area contributed by atoms with Crippen molar-refractivity contribution in [2.24, 2.45) is 5.41 Å². The second-order valence-electron chi connectivity index (χ2n) is 9.60. The molecule has 1 fully saturated rings. The Morgan fingerprint density at radius 3 is 2.67 bits per heavy atom. The molecule has 0 radical (unpaired) electrons. The third-order valence-electron chi connectivity index (χ3n) is 6.32. The highest BCUT2D eigenvalue weighted by atomic mass is 19.4. The van der Waals surface area contributed by atoms with E-state index in [0.29, 0.717) is 5.82 Å². The van der Waals surface area contributed by atoms with Crippen LogP contribution in [0.25, 0.3) is 0 Å². The molecule has 2 aromatic heterocycles. The largest absolute Gasteiger partial charge is 0.410 e. The molecular weight excluding hydrogens is 391 g/mol. The van der Waals surface area contributed by atoms with E-state index in [4.69, 9.17) is 0 Å². The Labute approximate surface area is 175 Å². The highest BCUT2D eigenvalue weighted by molar-refractivity contribution is 5.42. The third kappa shape index (κ3) is 4.33. The Morgan fingerprint density at radius 2 is 2.00 bits per heavy atom. The van der Waals surface area contributed by atoms with Gasteiger partial charge in [-0.25, -0.2) is 4.68 Å². The molecule has 0 aliphatic carbocycles. The topological polar surface area (TPSA) is 46.0 Å². The molecule has 30 heavy (non-hydrogen) atoms. The number of aromatic nitrogens is 3. The van der Waals surface area contributed by atoms with Gasteiger partial charge in [-0.2, -0.15) is 18.3 Å². The van der Waals surface area contributed by atoms with E-state index < -0.39 is 12.2 Å². The lowest BCUT2D eigenvalue weighted by atomic mass is 9.82. The first kappa shape index (κ1) is 21.2. The van der Waals surface area contributed by atoms with E-state index >= 15 is 0 Å². The van der Waals surface area contributed by atoms with Gasteiger partial charge in [0.15, 0.2) is 6.04 Å². The number of likely N-dealkylation sites (tertiary alicyclic amines) is 1. The molecule has 0 bridgehead atoms. The zero-order chi connectivity index (χ0) is 21.5. The Balaban J connectivity index is 1.64. The van der Waals surface area contributed by atoms with E-state index in [1.165, 1.54) is 4.68 Å². The number of rotatable bonds is 3. The maximum atomic E-state index is 13.9. The van der Waals surface area contributed by atoms with Gasteiger partial charge in [0.25, 0.3) is 0 Å². The zero-order valence-corrected chi connectivity index (χ0v) is 17.8. The SMILES string of the molecule is CC(C)(C)[C@@H]1C[C@H](C(F)(F)F)n2nc(C3CCCCN3Cc3cccnc3)cc2N1.